The Labute approximate surface area is 97.2 Å². The lowest BCUT2D eigenvalue weighted by atomic mass is 9.95. The summed E-state index contributed by atoms with van der Waals surface area (Å²) in [5.74, 6) is -0.525. The summed E-state index contributed by atoms with van der Waals surface area (Å²) in [6.45, 7) is 8.89. The van der Waals surface area contributed by atoms with Crippen molar-refractivity contribution in [3.05, 3.63) is 0 Å². The fraction of sp³-hybridized carbons (Fsp3) is 0.833. The molecule has 0 saturated carbocycles. The predicted molar refractivity (Wildman–Crippen MR) is 60.5 cm³/mol. The molecular formula is C12H20N2O2. The van der Waals surface area contributed by atoms with E-state index in [2.05, 4.69) is 6.07 Å². The minimum atomic E-state index is -0.530. The van der Waals surface area contributed by atoms with Crippen molar-refractivity contribution in [3.8, 4) is 6.07 Å². The number of hydrogen-bond acceptors (Lipinski definition) is 3. The van der Waals surface area contributed by atoms with E-state index in [0.29, 0.717) is 13.1 Å². The van der Waals surface area contributed by atoms with Gasteiger partial charge in [-0.25, -0.2) is 0 Å². The minimum Gasteiger partial charge on any atom is -0.372 e. The number of nitrogens with zero attached hydrogens (tertiary/aromatic N) is 2. The zero-order valence-corrected chi connectivity index (χ0v) is 10.4. The number of morpholine rings is 1. The van der Waals surface area contributed by atoms with Gasteiger partial charge in [0.25, 0.3) is 0 Å². The molecule has 1 rings (SSSR count). The van der Waals surface area contributed by atoms with Crippen molar-refractivity contribution in [2.75, 3.05) is 13.1 Å². The van der Waals surface area contributed by atoms with Gasteiger partial charge in [-0.3, -0.25) is 4.79 Å². The Hall–Kier alpha value is -1.08. The van der Waals surface area contributed by atoms with Gasteiger partial charge in [-0.15, -0.1) is 0 Å². The van der Waals surface area contributed by atoms with E-state index in [0.717, 1.165) is 0 Å². The second kappa shape index (κ2) is 5.31. The molecule has 3 unspecified atom stereocenters. The largest absolute Gasteiger partial charge is 0.372 e. The molecule has 4 nitrogen and oxygen atoms in total. The molecule has 1 aliphatic rings. The van der Waals surface area contributed by atoms with E-state index in [1.807, 2.05) is 27.7 Å². The molecule has 0 aromatic rings. The van der Waals surface area contributed by atoms with Crippen LogP contribution in [-0.4, -0.2) is 36.1 Å². The van der Waals surface area contributed by atoms with Crippen molar-refractivity contribution < 1.29 is 9.53 Å². The highest BCUT2D eigenvalue weighted by atomic mass is 16.5. The quantitative estimate of drug-likeness (QED) is 0.712. The number of rotatable bonds is 2. The van der Waals surface area contributed by atoms with Crippen LogP contribution in [-0.2, 0) is 9.53 Å². The molecule has 1 amide bonds. The second-order valence-electron chi connectivity index (χ2n) is 4.85. The zero-order valence-electron chi connectivity index (χ0n) is 10.4. The first-order valence-corrected chi connectivity index (χ1v) is 5.79. The van der Waals surface area contributed by atoms with Crippen LogP contribution in [0.4, 0.5) is 0 Å². The van der Waals surface area contributed by atoms with Crippen LogP contribution in [0.5, 0.6) is 0 Å². The molecule has 16 heavy (non-hydrogen) atoms. The van der Waals surface area contributed by atoms with Gasteiger partial charge in [-0.1, -0.05) is 13.8 Å². The van der Waals surface area contributed by atoms with Crippen molar-refractivity contribution >= 4 is 5.91 Å². The van der Waals surface area contributed by atoms with Gasteiger partial charge in [-0.2, -0.15) is 5.26 Å². The van der Waals surface area contributed by atoms with Crippen molar-refractivity contribution in [3.63, 3.8) is 0 Å². The van der Waals surface area contributed by atoms with Crippen LogP contribution in [0.2, 0.25) is 0 Å². The van der Waals surface area contributed by atoms with Crippen LogP contribution in [0.15, 0.2) is 0 Å². The number of carbonyl (C=O) groups excluding carboxylic acids is 1. The van der Waals surface area contributed by atoms with Crippen molar-refractivity contribution in [1.29, 1.82) is 5.26 Å². The summed E-state index contributed by atoms with van der Waals surface area (Å²) >= 11 is 0. The van der Waals surface area contributed by atoms with Gasteiger partial charge in [0.2, 0.25) is 5.91 Å². The van der Waals surface area contributed by atoms with E-state index in [1.165, 1.54) is 0 Å². The third kappa shape index (κ3) is 2.96. The van der Waals surface area contributed by atoms with E-state index < -0.39 is 5.92 Å². The fourth-order valence-corrected chi connectivity index (χ4v) is 2.04. The van der Waals surface area contributed by atoms with E-state index >= 15 is 0 Å². The first-order valence-electron chi connectivity index (χ1n) is 5.79. The molecule has 1 aliphatic heterocycles. The van der Waals surface area contributed by atoms with Gasteiger partial charge < -0.3 is 9.64 Å². The maximum absolute atomic E-state index is 12.1. The summed E-state index contributed by atoms with van der Waals surface area (Å²) in [4.78, 5) is 13.9. The molecule has 0 aromatic heterocycles. The van der Waals surface area contributed by atoms with Gasteiger partial charge in [0.15, 0.2) is 0 Å². The van der Waals surface area contributed by atoms with Crippen molar-refractivity contribution in [1.82, 2.24) is 4.90 Å². The highest BCUT2D eigenvalue weighted by Gasteiger charge is 2.31. The summed E-state index contributed by atoms with van der Waals surface area (Å²) in [5.41, 5.74) is 0. The molecule has 3 atom stereocenters. The standard InChI is InChI=1S/C12H20N2O2/c1-8(2)11(5-13)12(15)14-6-9(3)16-10(4)7-14/h8-11H,6-7H2,1-4H3. The van der Waals surface area contributed by atoms with Gasteiger partial charge in [0.05, 0.1) is 18.3 Å². The highest BCUT2D eigenvalue weighted by molar-refractivity contribution is 5.81. The Kier molecular flexibility index (Phi) is 4.31. The molecule has 1 fully saturated rings. The number of hydrogen-bond donors (Lipinski definition) is 0. The Morgan fingerprint density at radius 3 is 2.25 bits per heavy atom. The molecule has 1 saturated heterocycles. The summed E-state index contributed by atoms with van der Waals surface area (Å²) in [6, 6.07) is 2.10. The van der Waals surface area contributed by atoms with E-state index in [9.17, 15) is 4.79 Å². The van der Waals surface area contributed by atoms with E-state index in [4.69, 9.17) is 10.00 Å². The number of carbonyl (C=O) groups is 1. The fourth-order valence-electron chi connectivity index (χ4n) is 2.04. The Balaban J connectivity index is 2.69. The maximum atomic E-state index is 12.1. The van der Waals surface area contributed by atoms with Gasteiger partial charge in [0.1, 0.15) is 5.92 Å². The molecule has 0 N–H and O–H groups in total. The second-order valence-corrected chi connectivity index (χ2v) is 4.85. The van der Waals surface area contributed by atoms with Crippen molar-refractivity contribution in [2.45, 2.75) is 39.9 Å². The van der Waals surface area contributed by atoms with Gasteiger partial charge in [0, 0.05) is 13.1 Å². The minimum absolute atomic E-state index is 0.0548. The lowest BCUT2D eigenvalue weighted by Crippen LogP contribution is -2.50. The number of amides is 1. The normalized spacial score (nSPS) is 27.6. The van der Waals surface area contributed by atoms with Crippen LogP contribution < -0.4 is 0 Å². The predicted octanol–water partition coefficient (Wildman–Crippen LogP) is 1.42. The first-order chi connectivity index (χ1) is 7.45. The Morgan fingerprint density at radius 1 is 1.38 bits per heavy atom. The van der Waals surface area contributed by atoms with Crippen LogP contribution in [0.1, 0.15) is 27.7 Å². The molecule has 0 radical (unpaired) electrons. The number of nitriles is 1. The van der Waals surface area contributed by atoms with Crippen LogP contribution >= 0.6 is 0 Å². The Morgan fingerprint density at radius 2 is 1.88 bits per heavy atom. The van der Waals surface area contributed by atoms with E-state index in [-0.39, 0.29) is 24.0 Å². The Bertz CT molecular complexity index is 286. The van der Waals surface area contributed by atoms with Crippen LogP contribution in [0.3, 0.4) is 0 Å². The molecule has 0 aromatic carbocycles. The van der Waals surface area contributed by atoms with E-state index in [1.54, 1.807) is 4.90 Å². The lowest BCUT2D eigenvalue weighted by molar-refractivity contribution is -0.146. The third-order valence-corrected chi connectivity index (χ3v) is 2.80. The molecular weight excluding hydrogens is 204 g/mol. The molecule has 1 heterocycles. The van der Waals surface area contributed by atoms with Crippen LogP contribution in [0.25, 0.3) is 0 Å². The maximum Gasteiger partial charge on any atom is 0.240 e. The zero-order chi connectivity index (χ0) is 12.3. The number of ether oxygens (including phenoxy) is 1. The lowest BCUT2D eigenvalue weighted by Gasteiger charge is -2.36. The third-order valence-electron chi connectivity index (χ3n) is 2.80. The summed E-state index contributed by atoms with van der Waals surface area (Å²) in [7, 11) is 0. The monoisotopic (exact) mass is 224 g/mol. The SMILES string of the molecule is CC1CN(C(=O)C(C#N)C(C)C)CC(C)O1. The smallest absolute Gasteiger partial charge is 0.240 e. The summed E-state index contributed by atoms with van der Waals surface area (Å²) < 4.78 is 5.56. The summed E-state index contributed by atoms with van der Waals surface area (Å²) in [6.07, 6.45) is 0.110. The van der Waals surface area contributed by atoms with Crippen LogP contribution in [0, 0.1) is 23.2 Å². The molecule has 90 valence electrons. The van der Waals surface area contributed by atoms with Gasteiger partial charge in [-0.05, 0) is 19.8 Å². The highest BCUT2D eigenvalue weighted by Crippen LogP contribution is 2.18. The first kappa shape index (κ1) is 13.0. The topological polar surface area (TPSA) is 53.3 Å². The average Bonchev–Trinajstić information content (AvgIpc) is 2.16. The summed E-state index contributed by atoms with van der Waals surface area (Å²) in [5, 5.41) is 9.00. The molecule has 0 bridgehead atoms. The van der Waals surface area contributed by atoms with Crippen molar-refractivity contribution in [2.24, 2.45) is 11.8 Å². The van der Waals surface area contributed by atoms with Gasteiger partial charge >= 0.3 is 0 Å². The molecule has 4 heteroatoms. The molecule has 0 aliphatic carbocycles. The average molecular weight is 224 g/mol. The molecule has 0 spiro atoms.